The van der Waals surface area contributed by atoms with E-state index < -0.39 is 17.1 Å². The minimum atomic E-state index is -0.701. The fourth-order valence-electron chi connectivity index (χ4n) is 3.68. The van der Waals surface area contributed by atoms with Crippen LogP contribution in [0.1, 0.15) is 76.7 Å². The molecule has 1 saturated heterocycles. The van der Waals surface area contributed by atoms with Gasteiger partial charge in [-0.1, -0.05) is 37.8 Å². The largest absolute Gasteiger partial charge is 0.443 e. The molecule has 1 aromatic rings. The molecular formula is C29H41N3O5. The number of hydrogen-bond donors (Lipinski definition) is 2. The molecule has 0 aliphatic carbocycles. The third-order valence-electron chi connectivity index (χ3n) is 6.14. The van der Waals surface area contributed by atoms with Crippen LogP contribution in [0, 0.1) is 23.2 Å². The molecular weight excluding hydrogens is 470 g/mol. The van der Waals surface area contributed by atoms with Crippen LogP contribution in [-0.2, 0) is 14.3 Å². The van der Waals surface area contributed by atoms with E-state index >= 15 is 0 Å². The van der Waals surface area contributed by atoms with Crippen LogP contribution < -0.4 is 10.9 Å². The van der Waals surface area contributed by atoms with Crippen molar-refractivity contribution in [3.63, 3.8) is 0 Å². The van der Waals surface area contributed by atoms with Crippen LogP contribution in [0.5, 0.6) is 0 Å². The summed E-state index contributed by atoms with van der Waals surface area (Å²) < 4.78 is 10.4. The monoisotopic (exact) mass is 511 g/mol. The van der Waals surface area contributed by atoms with Crippen LogP contribution >= 0.6 is 0 Å². The van der Waals surface area contributed by atoms with E-state index in [-0.39, 0.29) is 24.2 Å². The van der Waals surface area contributed by atoms with E-state index in [1.165, 1.54) is 0 Å². The third-order valence-corrected chi connectivity index (χ3v) is 6.14. The summed E-state index contributed by atoms with van der Waals surface area (Å²) in [4.78, 5) is 38.5. The molecule has 37 heavy (non-hydrogen) atoms. The minimum absolute atomic E-state index is 0.00610. The molecule has 0 saturated carbocycles. The number of hydrogen-bond acceptors (Lipinski definition) is 5. The quantitative estimate of drug-likeness (QED) is 0.320. The first-order valence-electron chi connectivity index (χ1n) is 12.9. The molecule has 1 aliphatic heterocycles. The van der Waals surface area contributed by atoms with Crippen LogP contribution in [0.25, 0.3) is 0 Å². The van der Waals surface area contributed by atoms with Gasteiger partial charge in [-0.3, -0.25) is 15.0 Å². The van der Waals surface area contributed by atoms with Gasteiger partial charge in [0.1, 0.15) is 5.60 Å². The first-order chi connectivity index (χ1) is 17.4. The molecule has 2 rings (SSSR count). The lowest BCUT2D eigenvalue weighted by atomic mass is 9.75. The second kappa shape index (κ2) is 13.8. The zero-order valence-corrected chi connectivity index (χ0v) is 23.0. The standard InChI is InChI=1S/C29H41N3O5/c1-7-8-16-29(6,22(2)9-14-25(33)30-31-27(35)37-28(3,4)5)17-15-23-10-12-24(13-11-23)26(34)32-18-20-36-21-19-32/h8,10-13,16,22H,7,9,14,18-21H2,1-6H3,(H,30,33)(H,31,35)/b16-8-. The van der Waals surface area contributed by atoms with E-state index in [1.54, 1.807) is 25.7 Å². The molecule has 1 aromatic carbocycles. The van der Waals surface area contributed by atoms with Gasteiger partial charge in [-0.25, -0.2) is 10.2 Å². The lowest BCUT2D eigenvalue weighted by molar-refractivity contribution is -0.122. The number of carbonyl (C=O) groups excluding carboxylic acids is 3. The van der Waals surface area contributed by atoms with Gasteiger partial charge in [-0.05, 0) is 70.7 Å². The van der Waals surface area contributed by atoms with E-state index in [4.69, 9.17) is 9.47 Å². The van der Waals surface area contributed by atoms with E-state index in [2.05, 4.69) is 55.6 Å². The second-order valence-corrected chi connectivity index (χ2v) is 10.4. The number of rotatable bonds is 7. The van der Waals surface area contributed by atoms with E-state index in [0.29, 0.717) is 38.3 Å². The van der Waals surface area contributed by atoms with Gasteiger partial charge < -0.3 is 14.4 Å². The van der Waals surface area contributed by atoms with Crippen molar-refractivity contribution >= 4 is 17.9 Å². The van der Waals surface area contributed by atoms with Gasteiger partial charge in [0.15, 0.2) is 0 Å². The fraction of sp³-hybridized carbons (Fsp3) is 0.552. The molecule has 0 aromatic heterocycles. The number of morpholine rings is 1. The average molecular weight is 512 g/mol. The average Bonchev–Trinajstić information content (AvgIpc) is 2.87. The van der Waals surface area contributed by atoms with E-state index in [0.717, 1.165) is 12.0 Å². The summed E-state index contributed by atoms with van der Waals surface area (Å²) in [5.74, 6) is 6.41. The van der Waals surface area contributed by atoms with Crippen LogP contribution in [0.3, 0.4) is 0 Å². The number of ether oxygens (including phenoxy) is 2. The predicted octanol–water partition coefficient (Wildman–Crippen LogP) is 4.46. The molecule has 1 heterocycles. The van der Waals surface area contributed by atoms with Crippen molar-refractivity contribution in [1.29, 1.82) is 0 Å². The van der Waals surface area contributed by atoms with Crippen LogP contribution in [0.15, 0.2) is 36.4 Å². The summed E-state index contributed by atoms with van der Waals surface area (Å²) in [5.41, 5.74) is 5.03. The summed E-state index contributed by atoms with van der Waals surface area (Å²) in [5, 5.41) is 0. The van der Waals surface area contributed by atoms with Gasteiger partial charge in [-0.15, -0.1) is 0 Å². The summed E-state index contributed by atoms with van der Waals surface area (Å²) in [6.07, 6.45) is 5.16. The van der Waals surface area contributed by atoms with Gasteiger partial charge in [0.05, 0.1) is 13.2 Å². The van der Waals surface area contributed by atoms with Gasteiger partial charge in [-0.2, -0.15) is 0 Å². The zero-order chi connectivity index (χ0) is 27.5. The Morgan fingerprint density at radius 1 is 1.11 bits per heavy atom. The Kier molecular flexibility index (Phi) is 11.2. The van der Waals surface area contributed by atoms with Gasteiger partial charge in [0, 0.05) is 36.1 Å². The molecule has 8 nitrogen and oxygen atoms in total. The number of amides is 3. The van der Waals surface area contributed by atoms with Crippen LogP contribution in [-0.4, -0.2) is 54.7 Å². The molecule has 1 aliphatic rings. The Morgan fingerprint density at radius 3 is 2.35 bits per heavy atom. The molecule has 0 spiro atoms. The number of nitrogens with zero attached hydrogens (tertiary/aromatic N) is 1. The summed E-state index contributed by atoms with van der Waals surface area (Å²) in [6, 6.07) is 7.36. The Hall–Kier alpha value is -3.31. The van der Waals surface area contributed by atoms with Gasteiger partial charge in [0.25, 0.3) is 5.91 Å². The molecule has 0 bridgehead atoms. The SMILES string of the molecule is CC/C=C\C(C)(C#Cc1ccc(C(=O)N2CCOCC2)cc1)C(C)CCC(=O)NNC(=O)OC(C)(C)C. The molecule has 3 amide bonds. The highest BCUT2D eigenvalue weighted by Crippen LogP contribution is 2.32. The second-order valence-electron chi connectivity index (χ2n) is 10.4. The van der Waals surface area contributed by atoms with Crippen molar-refractivity contribution in [3.05, 3.63) is 47.5 Å². The smallest absolute Gasteiger partial charge is 0.426 e. The van der Waals surface area contributed by atoms with E-state index in [9.17, 15) is 14.4 Å². The summed E-state index contributed by atoms with van der Waals surface area (Å²) >= 11 is 0. The van der Waals surface area contributed by atoms with Gasteiger partial charge >= 0.3 is 6.09 Å². The maximum absolute atomic E-state index is 12.7. The number of hydrazine groups is 1. The van der Waals surface area contributed by atoms with Crippen molar-refractivity contribution < 1.29 is 23.9 Å². The number of allylic oxidation sites excluding steroid dienone is 2. The van der Waals surface area contributed by atoms with Crippen molar-refractivity contribution in [2.45, 2.75) is 66.4 Å². The maximum atomic E-state index is 12.7. The maximum Gasteiger partial charge on any atom is 0.426 e. The van der Waals surface area contributed by atoms with Crippen LogP contribution in [0.4, 0.5) is 4.79 Å². The van der Waals surface area contributed by atoms with Crippen molar-refractivity contribution in [3.8, 4) is 11.8 Å². The first-order valence-corrected chi connectivity index (χ1v) is 12.9. The third kappa shape index (κ3) is 10.3. The Morgan fingerprint density at radius 2 is 1.76 bits per heavy atom. The zero-order valence-electron chi connectivity index (χ0n) is 23.0. The lowest BCUT2D eigenvalue weighted by Gasteiger charge is -2.28. The molecule has 1 fully saturated rings. The molecule has 2 unspecified atom stereocenters. The van der Waals surface area contributed by atoms with Crippen molar-refractivity contribution in [1.82, 2.24) is 15.8 Å². The molecule has 8 heteroatoms. The van der Waals surface area contributed by atoms with Crippen molar-refractivity contribution in [2.75, 3.05) is 26.3 Å². The Bertz CT molecular complexity index is 1010. The highest BCUT2D eigenvalue weighted by atomic mass is 16.6. The highest BCUT2D eigenvalue weighted by Gasteiger charge is 2.27. The normalized spacial score (nSPS) is 16.2. The summed E-state index contributed by atoms with van der Waals surface area (Å²) in [7, 11) is 0. The van der Waals surface area contributed by atoms with E-state index in [1.807, 2.05) is 24.3 Å². The topological polar surface area (TPSA) is 97.0 Å². The van der Waals surface area contributed by atoms with Gasteiger partial charge in [0.2, 0.25) is 5.91 Å². The van der Waals surface area contributed by atoms with Crippen molar-refractivity contribution in [2.24, 2.45) is 11.3 Å². The Balaban J connectivity index is 2.00. The fourth-order valence-corrected chi connectivity index (χ4v) is 3.68. The predicted molar refractivity (Wildman–Crippen MR) is 143 cm³/mol. The molecule has 202 valence electrons. The first kappa shape index (κ1) is 29.9. The molecule has 0 radical (unpaired) electrons. The number of carbonyl (C=O) groups is 3. The highest BCUT2D eigenvalue weighted by molar-refractivity contribution is 5.94. The minimum Gasteiger partial charge on any atom is -0.443 e. The number of benzene rings is 1. The lowest BCUT2D eigenvalue weighted by Crippen LogP contribution is -2.44. The summed E-state index contributed by atoms with van der Waals surface area (Å²) in [6.45, 7) is 13.8. The van der Waals surface area contributed by atoms with Crippen LogP contribution in [0.2, 0.25) is 0 Å². The Labute approximate surface area is 221 Å². The molecule has 2 atom stereocenters. The number of nitrogens with one attached hydrogen (secondary N) is 2. The molecule has 2 N–H and O–H groups in total.